The van der Waals surface area contributed by atoms with Crippen LogP contribution in [0.25, 0.3) is 0 Å². The first-order chi connectivity index (χ1) is 10.5. The molecule has 0 saturated heterocycles. The normalized spacial score (nSPS) is 12.0. The number of anilines is 1. The van der Waals surface area contributed by atoms with Crippen LogP contribution in [0.1, 0.15) is 39.4 Å². The highest BCUT2D eigenvalue weighted by Crippen LogP contribution is 2.15. The minimum Gasteiger partial charge on any atom is -0.360 e. The molecule has 1 aromatic rings. The van der Waals surface area contributed by atoms with Gasteiger partial charge >= 0.3 is 0 Å². The average molecular weight is 327 g/mol. The van der Waals surface area contributed by atoms with Crippen LogP contribution in [0.3, 0.4) is 0 Å². The molecule has 124 valence electrons. The molecule has 1 atom stereocenters. The molecule has 0 spiro atoms. The number of hydrogen-bond donors (Lipinski definition) is 1. The molecule has 0 aromatic carbocycles. The number of carbonyl (C=O) groups is 2. The molecule has 0 unspecified atom stereocenters. The number of aryl methyl sites for hydroxylation is 1. The number of nitrogens with zero attached hydrogens (tertiary/aromatic N) is 2. The van der Waals surface area contributed by atoms with Crippen LogP contribution in [0.2, 0.25) is 0 Å². The van der Waals surface area contributed by atoms with E-state index >= 15 is 0 Å². The number of hydrogen-bond acceptors (Lipinski definition) is 5. The third-order valence-electron chi connectivity index (χ3n) is 3.05. The third-order valence-corrected chi connectivity index (χ3v) is 4.17. The van der Waals surface area contributed by atoms with E-state index in [0.717, 1.165) is 25.9 Å². The molecular weight excluding hydrogens is 302 g/mol. The number of carbonyl (C=O) groups excluding carboxylic acids is 2. The summed E-state index contributed by atoms with van der Waals surface area (Å²) in [6.45, 7) is 9.19. The number of aromatic nitrogens is 1. The summed E-state index contributed by atoms with van der Waals surface area (Å²) in [5.74, 6) is 1.27. The lowest BCUT2D eigenvalue weighted by Gasteiger charge is -2.22. The van der Waals surface area contributed by atoms with Crippen molar-refractivity contribution >= 4 is 29.4 Å². The van der Waals surface area contributed by atoms with E-state index in [1.165, 1.54) is 11.8 Å². The summed E-state index contributed by atoms with van der Waals surface area (Å²) in [6.07, 6.45) is 1.88. The molecule has 6 nitrogen and oxygen atoms in total. The predicted molar refractivity (Wildman–Crippen MR) is 89.0 cm³/mol. The first-order valence-electron chi connectivity index (χ1n) is 7.61. The Bertz CT molecular complexity index is 484. The predicted octanol–water partition coefficient (Wildman–Crippen LogP) is 2.69. The lowest BCUT2D eigenvalue weighted by molar-refractivity contribution is -0.128. The molecule has 0 fully saturated rings. The maximum atomic E-state index is 12.2. The minimum absolute atomic E-state index is 0.0885. The van der Waals surface area contributed by atoms with Crippen molar-refractivity contribution in [3.8, 4) is 0 Å². The highest BCUT2D eigenvalue weighted by molar-refractivity contribution is 8.01. The second-order valence-electron chi connectivity index (χ2n) is 5.15. The summed E-state index contributed by atoms with van der Waals surface area (Å²) in [7, 11) is 0. The number of rotatable bonds is 9. The van der Waals surface area contributed by atoms with Crippen molar-refractivity contribution in [3.05, 3.63) is 11.8 Å². The Hall–Kier alpha value is -1.50. The van der Waals surface area contributed by atoms with Gasteiger partial charge in [0, 0.05) is 19.2 Å². The molecule has 2 amide bonds. The van der Waals surface area contributed by atoms with Gasteiger partial charge in [0.25, 0.3) is 0 Å². The van der Waals surface area contributed by atoms with Crippen LogP contribution in [0.5, 0.6) is 0 Å². The van der Waals surface area contributed by atoms with Gasteiger partial charge in [-0.15, -0.1) is 11.8 Å². The second-order valence-corrected chi connectivity index (χ2v) is 6.48. The van der Waals surface area contributed by atoms with Gasteiger partial charge in [-0.2, -0.15) is 0 Å². The molecule has 1 N–H and O–H groups in total. The summed E-state index contributed by atoms with van der Waals surface area (Å²) < 4.78 is 4.90. The SMILES string of the molecule is CCCN(CCC)C(=O)CS[C@@H](C)C(=O)Nc1cc(C)on1. The highest BCUT2D eigenvalue weighted by atomic mass is 32.2. The van der Waals surface area contributed by atoms with Gasteiger partial charge in [0.15, 0.2) is 5.82 Å². The van der Waals surface area contributed by atoms with Crippen LogP contribution in [0.15, 0.2) is 10.6 Å². The average Bonchev–Trinajstić information content (AvgIpc) is 2.89. The molecular formula is C15H25N3O3S. The summed E-state index contributed by atoms with van der Waals surface area (Å²) in [6, 6.07) is 1.66. The fraction of sp³-hybridized carbons (Fsp3) is 0.667. The van der Waals surface area contributed by atoms with E-state index in [4.69, 9.17) is 4.52 Å². The lowest BCUT2D eigenvalue weighted by atomic mass is 10.3. The van der Waals surface area contributed by atoms with E-state index in [1.807, 2.05) is 4.90 Å². The first kappa shape index (κ1) is 18.5. The Kier molecular flexibility index (Phi) is 8.01. The van der Waals surface area contributed by atoms with Gasteiger partial charge in [0.1, 0.15) is 5.76 Å². The smallest absolute Gasteiger partial charge is 0.238 e. The maximum absolute atomic E-state index is 12.2. The van der Waals surface area contributed by atoms with Crippen LogP contribution in [0, 0.1) is 6.92 Å². The van der Waals surface area contributed by atoms with Crippen LogP contribution in [-0.2, 0) is 9.59 Å². The molecule has 0 aliphatic rings. The Morgan fingerprint density at radius 2 is 2.00 bits per heavy atom. The summed E-state index contributed by atoms with van der Waals surface area (Å²) in [4.78, 5) is 26.0. The van der Waals surface area contributed by atoms with Gasteiger partial charge in [-0.1, -0.05) is 19.0 Å². The van der Waals surface area contributed by atoms with Crippen LogP contribution >= 0.6 is 11.8 Å². The Labute approximate surface area is 136 Å². The Morgan fingerprint density at radius 1 is 1.36 bits per heavy atom. The number of nitrogens with one attached hydrogen (secondary N) is 1. The summed E-state index contributed by atoms with van der Waals surface area (Å²) in [5, 5.41) is 6.07. The maximum Gasteiger partial charge on any atom is 0.238 e. The topological polar surface area (TPSA) is 75.4 Å². The molecule has 0 bridgehead atoms. The second kappa shape index (κ2) is 9.50. The van der Waals surface area contributed by atoms with E-state index in [9.17, 15) is 9.59 Å². The van der Waals surface area contributed by atoms with Crippen molar-refractivity contribution in [2.45, 2.75) is 45.8 Å². The van der Waals surface area contributed by atoms with Crippen molar-refractivity contribution in [1.29, 1.82) is 0 Å². The van der Waals surface area contributed by atoms with E-state index < -0.39 is 0 Å². The monoisotopic (exact) mass is 327 g/mol. The van der Waals surface area contributed by atoms with E-state index in [2.05, 4.69) is 24.3 Å². The number of amides is 2. The molecule has 7 heteroatoms. The first-order valence-corrected chi connectivity index (χ1v) is 8.66. The summed E-state index contributed by atoms with van der Waals surface area (Å²) >= 11 is 1.34. The largest absolute Gasteiger partial charge is 0.360 e. The molecule has 1 rings (SSSR count). The van der Waals surface area contributed by atoms with Gasteiger partial charge in [-0.05, 0) is 26.7 Å². The molecule has 0 saturated carbocycles. The zero-order valence-corrected chi connectivity index (χ0v) is 14.5. The van der Waals surface area contributed by atoms with Crippen LogP contribution < -0.4 is 5.32 Å². The van der Waals surface area contributed by atoms with Crippen molar-refractivity contribution in [2.24, 2.45) is 0 Å². The van der Waals surface area contributed by atoms with E-state index in [-0.39, 0.29) is 17.1 Å². The van der Waals surface area contributed by atoms with Crippen LogP contribution in [0.4, 0.5) is 5.82 Å². The van der Waals surface area contributed by atoms with Crippen molar-refractivity contribution in [2.75, 3.05) is 24.2 Å². The molecule has 1 aromatic heterocycles. The summed E-state index contributed by atoms with van der Waals surface area (Å²) in [5.41, 5.74) is 0. The molecule has 0 aliphatic heterocycles. The zero-order chi connectivity index (χ0) is 16.5. The van der Waals surface area contributed by atoms with Gasteiger partial charge in [-0.3, -0.25) is 9.59 Å². The van der Waals surface area contributed by atoms with Crippen LogP contribution in [-0.4, -0.2) is 46.0 Å². The van der Waals surface area contributed by atoms with Gasteiger partial charge in [0.2, 0.25) is 11.8 Å². The minimum atomic E-state index is -0.328. The fourth-order valence-corrected chi connectivity index (χ4v) is 2.70. The van der Waals surface area contributed by atoms with E-state index in [0.29, 0.717) is 17.3 Å². The van der Waals surface area contributed by atoms with Gasteiger partial charge in [0.05, 0.1) is 11.0 Å². The quantitative estimate of drug-likeness (QED) is 0.755. The molecule has 0 aliphatic carbocycles. The molecule has 1 heterocycles. The van der Waals surface area contributed by atoms with E-state index in [1.54, 1.807) is 19.9 Å². The van der Waals surface area contributed by atoms with Gasteiger partial charge in [-0.25, -0.2) is 0 Å². The standard InChI is InChI=1S/C15H25N3O3S/c1-5-7-18(8-6-2)14(19)10-22-12(4)15(20)16-13-9-11(3)21-17-13/h9,12H,5-8,10H2,1-4H3,(H,16,17,20)/t12-/m0/s1. The van der Waals surface area contributed by atoms with Crippen molar-refractivity contribution in [3.63, 3.8) is 0 Å². The van der Waals surface area contributed by atoms with Crippen molar-refractivity contribution in [1.82, 2.24) is 10.1 Å². The number of thioether (sulfide) groups is 1. The Balaban J connectivity index is 2.41. The Morgan fingerprint density at radius 3 is 2.50 bits per heavy atom. The highest BCUT2D eigenvalue weighted by Gasteiger charge is 2.19. The third kappa shape index (κ3) is 6.09. The van der Waals surface area contributed by atoms with Crippen molar-refractivity contribution < 1.29 is 14.1 Å². The fourth-order valence-electron chi connectivity index (χ4n) is 1.92. The molecule has 0 radical (unpaired) electrons. The lowest BCUT2D eigenvalue weighted by Crippen LogP contribution is -2.35. The van der Waals surface area contributed by atoms with Gasteiger partial charge < -0.3 is 14.7 Å². The molecule has 22 heavy (non-hydrogen) atoms. The zero-order valence-electron chi connectivity index (χ0n) is 13.7.